The molecule has 2 rings (SSSR count). The first-order chi connectivity index (χ1) is 8.79. The summed E-state index contributed by atoms with van der Waals surface area (Å²) in [4.78, 5) is 0. The molecule has 1 aromatic rings. The normalized spacial score (nSPS) is 18.1. The second-order valence-electron chi connectivity index (χ2n) is 4.45. The van der Waals surface area contributed by atoms with Gasteiger partial charge < -0.3 is 14.8 Å². The minimum atomic E-state index is 0. The van der Waals surface area contributed by atoms with Crippen LogP contribution in [0.1, 0.15) is 25.3 Å². The van der Waals surface area contributed by atoms with Gasteiger partial charge in [0.2, 0.25) is 0 Å². The molecule has 0 aromatic heterocycles. The van der Waals surface area contributed by atoms with Crippen molar-refractivity contribution >= 4 is 28.3 Å². The second kappa shape index (κ2) is 8.80. The molecule has 108 valence electrons. The minimum absolute atomic E-state index is 0. The molecule has 0 amide bonds. The van der Waals surface area contributed by atoms with Crippen LogP contribution in [-0.4, -0.2) is 25.9 Å². The highest BCUT2D eigenvalue weighted by atomic mass is 79.9. The van der Waals surface area contributed by atoms with E-state index in [1.165, 1.54) is 18.4 Å². The van der Waals surface area contributed by atoms with Crippen molar-refractivity contribution in [3.05, 3.63) is 28.2 Å². The topological polar surface area (TPSA) is 30.5 Å². The number of hydrogen-bond donors (Lipinski definition) is 1. The Hall–Kier alpha value is -0.290. The molecule has 0 aliphatic carbocycles. The van der Waals surface area contributed by atoms with Crippen LogP contribution >= 0.6 is 28.3 Å². The molecular formula is C14H21BrClNO2. The van der Waals surface area contributed by atoms with Gasteiger partial charge in [0.1, 0.15) is 5.75 Å². The Morgan fingerprint density at radius 2 is 2.32 bits per heavy atom. The molecule has 1 atom stereocenters. The highest BCUT2D eigenvalue weighted by Gasteiger charge is 2.14. The van der Waals surface area contributed by atoms with Crippen LogP contribution in [-0.2, 0) is 11.3 Å². The number of nitrogens with one attached hydrogen (secondary N) is 1. The van der Waals surface area contributed by atoms with Gasteiger partial charge in [-0.05, 0) is 38.0 Å². The lowest BCUT2D eigenvalue weighted by Crippen LogP contribution is -2.26. The van der Waals surface area contributed by atoms with Gasteiger partial charge in [0, 0.05) is 29.7 Å². The summed E-state index contributed by atoms with van der Waals surface area (Å²) in [6.45, 7) is 5.34. The summed E-state index contributed by atoms with van der Waals surface area (Å²) in [5, 5.41) is 3.44. The third kappa shape index (κ3) is 5.30. The number of rotatable bonds is 6. The van der Waals surface area contributed by atoms with Crippen LogP contribution in [0.25, 0.3) is 0 Å². The molecule has 1 unspecified atom stereocenters. The maximum Gasteiger partial charge on any atom is 0.123 e. The molecule has 1 heterocycles. The molecule has 5 heteroatoms. The number of ether oxygens (including phenoxy) is 2. The minimum Gasteiger partial charge on any atom is -0.494 e. The van der Waals surface area contributed by atoms with E-state index in [1.807, 2.05) is 19.1 Å². The van der Waals surface area contributed by atoms with Crippen LogP contribution in [0.15, 0.2) is 22.7 Å². The van der Waals surface area contributed by atoms with E-state index in [1.54, 1.807) is 0 Å². The van der Waals surface area contributed by atoms with Gasteiger partial charge in [-0.1, -0.05) is 15.9 Å². The Morgan fingerprint density at radius 1 is 1.47 bits per heavy atom. The lowest BCUT2D eigenvalue weighted by molar-refractivity contribution is 0.110. The van der Waals surface area contributed by atoms with Gasteiger partial charge in [0.05, 0.1) is 12.7 Å². The summed E-state index contributed by atoms with van der Waals surface area (Å²) in [6.07, 6.45) is 2.74. The largest absolute Gasteiger partial charge is 0.494 e. The molecular weight excluding hydrogens is 330 g/mol. The zero-order valence-electron chi connectivity index (χ0n) is 11.2. The van der Waals surface area contributed by atoms with Gasteiger partial charge in [-0.3, -0.25) is 0 Å². The fraction of sp³-hybridized carbons (Fsp3) is 0.571. The maximum absolute atomic E-state index is 5.62. The van der Waals surface area contributed by atoms with E-state index in [0.717, 1.165) is 29.9 Å². The first-order valence-electron chi connectivity index (χ1n) is 6.53. The molecule has 19 heavy (non-hydrogen) atoms. The predicted molar refractivity (Wildman–Crippen MR) is 83.2 cm³/mol. The Morgan fingerprint density at radius 3 is 3.00 bits per heavy atom. The second-order valence-corrected chi connectivity index (χ2v) is 5.37. The molecule has 0 bridgehead atoms. The standard InChI is InChI=1S/C14H20BrNO2.ClH/c1-2-17-14-6-5-12(15)8-11(14)9-16-10-13-4-3-7-18-13;/h5-6,8,13,16H,2-4,7,9-10H2,1H3;1H. The number of hydrogen-bond acceptors (Lipinski definition) is 3. The van der Waals surface area contributed by atoms with Crippen molar-refractivity contribution < 1.29 is 9.47 Å². The van der Waals surface area contributed by atoms with Crippen LogP contribution in [0.4, 0.5) is 0 Å². The SMILES string of the molecule is CCOc1ccc(Br)cc1CNCC1CCCO1.Cl. The van der Waals surface area contributed by atoms with Crippen molar-refractivity contribution in [1.82, 2.24) is 5.32 Å². The molecule has 1 aliphatic rings. The smallest absolute Gasteiger partial charge is 0.123 e. The van der Waals surface area contributed by atoms with Crippen molar-refractivity contribution in [3.63, 3.8) is 0 Å². The van der Waals surface area contributed by atoms with E-state index < -0.39 is 0 Å². The van der Waals surface area contributed by atoms with Gasteiger partial charge in [-0.15, -0.1) is 12.4 Å². The van der Waals surface area contributed by atoms with Gasteiger partial charge in [-0.2, -0.15) is 0 Å². The summed E-state index contributed by atoms with van der Waals surface area (Å²) in [7, 11) is 0. The Kier molecular flexibility index (Phi) is 7.76. The monoisotopic (exact) mass is 349 g/mol. The zero-order valence-corrected chi connectivity index (χ0v) is 13.6. The molecule has 1 saturated heterocycles. The quantitative estimate of drug-likeness (QED) is 0.851. The van der Waals surface area contributed by atoms with Gasteiger partial charge in [0.25, 0.3) is 0 Å². The Bertz CT molecular complexity index is 384. The van der Waals surface area contributed by atoms with Crippen LogP contribution in [0.3, 0.4) is 0 Å². The predicted octanol–water partition coefficient (Wildman–Crippen LogP) is 3.54. The average Bonchev–Trinajstić information content (AvgIpc) is 2.86. The zero-order chi connectivity index (χ0) is 12.8. The maximum atomic E-state index is 5.62. The molecule has 1 N–H and O–H groups in total. The molecule has 1 aromatic carbocycles. The van der Waals surface area contributed by atoms with Crippen LogP contribution in [0.5, 0.6) is 5.75 Å². The highest BCUT2D eigenvalue weighted by Crippen LogP contribution is 2.23. The van der Waals surface area contributed by atoms with Crippen molar-refractivity contribution in [2.75, 3.05) is 19.8 Å². The van der Waals surface area contributed by atoms with E-state index in [9.17, 15) is 0 Å². The van der Waals surface area contributed by atoms with Gasteiger partial charge >= 0.3 is 0 Å². The van der Waals surface area contributed by atoms with E-state index in [4.69, 9.17) is 9.47 Å². The molecule has 0 radical (unpaired) electrons. The summed E-state index contributed by atoms with van der Waals surface area (Å²) >= 11 is 3.50. The van der Waals surface area contributed by atoms with Crippen molar-refractivity contribution in [1.29, 1.82) is 0 Å². The summed E-state index contributed by atoms with van der Waals surface area (Å²) in [5.41, 5.74) is 1.18. The third-order valence-electron chi connectivity index (χ3n) is 3.03. The van der Waals surface area contributed by atoms with E-state index in [0.29, 0.717) is 12.7 Å². The first kappa shape index (κ1) is 16.8. The molecule has 0 saturated carbocycles. The van der Waals surface area contributed by atoms with Gasteiger partial charge in [-0.25, -0.2) is 0 Å². The van der Waals surface area contributed by atoms with E-state index in [-0.39, 0.29) is 12.4 Å². The van der Waals surface area contributed by atoms with Crippen LogP contribution in [0.2, 0.25) is 0 Å². The number of benzene rings is 1. The number of halogens is 2. The van der Waals surface area contributed by atoms with Crippen LogP contribution < -0.4 is 10.1 Å². The van der Waals surface area contributed by atoms with Crippen molar-refractivity contribution in [2.24, 2.45) is 0 Å². The lowest BCUT2D eigenvalue weighted by atomic mass is 10.2. The highest BCUT2D eigenvalue weighted by molar-refractivity contribution is 9.10. The van der Waals surface area contributed by atoms with Crippen LogP contribution in [0, 0.1) is 0 Å². The molecule has 1 fully saturated rings. The Balaban J connectivity index is 0.00000180. The summed E-state index contributed by atoms with van der Waals surface area (Å²) in [5.74, 6) is 0.959. The molecule has 1 aliphatic heterocycles. The lowest BCUT2D eigenvalue weighted by Gasteiger charge is -2.14. The summed E-state index contributed by atoms with van der Waals surface area (Å²) in [6, 6.07) is 6.12. The third-order valence-corrected chi connectivity index (χ3v) is 3.53. The average molecular weight is 351 g/mol. The van der Waals surface area contributed by atoms with E-state index >= 15 is 0 Å². The van der Waals surface area contributed by atoms with Crippen molar-refractivity contribution in [2.45, 2.75) is 32.4 Å². The Labute approximate surface area is 129 Å². The first-order valence-corrected chi connectivity index (χ1v) is 7.32. The van der Waals surface area contributed by atoms with Gasteiger partial charge in [0.15, 0.2) is 0 Å². The molecule has 3 nitrogen and oxygen atoms in total. The fourth-order valence-electron chi connectivity index (χ4n) is 2.16. The van der Waals surface area contributed by atoms with E-state index in [2.05, 4.69) is 27.3 Å². The van der Waals surface area contributed by atoms with Crippen molar-refractivity contribution in [3.8, 4) is 5.75 Å². The molecule has 0 spiro atoms. The summed E-state index contributed by atoms with van der Waals surface area (Å²) < 4.78 is 12.3. The fourth-order valence-corrected chi connectivity index (χ4v) is 2.56.